The van der Waals surface area contributed by atoms with Gasteiger partial charge in [-0.25, -0.2) is 5.84 Å². The number of hydrazine groups is 2. The molecule has 15 nitrogen and oxygen atoms in total. The van der Waals surface area contributed by atoms with Crippen molar-refractivity contribution in [3.63, 3.8) is 0 Å². The second-order valence-corrected chi connectivity index (χ2v) is 17.5. The number of hydrogen-bond donors (Lipinski definition) is 6. The van der Waals surface area contributed by atoms with E-state index in [4.69, 9.17) is 5.84 Å². The Morgan fingerprint density at radius 2 is 1.29 bits per heavy atom. The molecule has 0 unspecified atom stereocenters. The normalized spacial score (nSPS) is 16.9. The van der Waals surface area contributed by atoms with E-state index in [1.54, 1.807) is 12.1 Å². The molecular formula is C38H51N6O9S2+. The zero-order valence-electron chi connectivity index (χ0n) is 31.8. The van der Waals surface area contributed by atoms with E-state index < -0.39 is 31.1 Å². The van der Waals surface area contributed by atoms with Gasteiger partial charge in [-0.05, 0) is 81.5 Å². The first-order chi connectivity index (χ1) is 25.7. The highest BCUT2D eigenvalue weighted by Gasteiger charge is 2.44. The third kappa shape index (κ3) is 10.3. The fourth-order valence-electron chi connectivity index (χ4n) is 7.03. The van der Waals surface area contributed by atoms with Gasteiger partial charge in [0.2, 0.25) is 23.4 Å². The Morgan fingerprint density at radius 1 is 0.745 bits per heavy atom. The minimum absolute atomic E-state index is 0.158. The molecule has 0 saturated carbocycles. The Balaban J connectivity index is 1.42. The lowest BCUT2D eigenvalue weighted by Crippen LogP contribution is -2.41. The number of hydrogen-bond acceptors (Lipinski definition) is 9. The number of anilines is 1. The van der Waals surface area contributed by atoms with Gasteiger partial charge in [0.15, 0.2) is 5.71 Å². The van der Waals surface area contributed by atoms with Gasteiger partial charge in [0.25, 0.3) is 20.2 Å². The SMILES string of the molecule is C[N+]1=C(C=CC=CC=C2N(CCCCCC(=O)NNC(=O)CCCCC(=O)NN)c3ccc(S(=O)(=O)O)cc3C2(C)C)C(C)(C)c2cc(S(=O)(=O)O)ccc21. The molecule has 0 bridgehead atoms. The van der Waals surface area contributed by atoms with Crippen molar-refractivity contribution in [2.24, 2.45) is 5.84 Å². The number of allylic oxidation sites excluding steroid dienone is 6. The zero-order chi connectivity index (χ0) is 40.8. The average molecular weight is 800 g/mol. The summed E-state index contributed by atoms with van der Waals surface area (Å²) in [5, 5.41) is 0. The summed E-state index contributed by atoms with van der Waals surface area (Å²) in [6.07, 6.45) is 13.0. The molecule has 2 aliphatic heterocycles. The first kappa shape index (κ1) is 43.1. The van der Waals surface area contributed by atoms with Crippen molar-refractivity contribution in [3.05, 3.63) is 83.6 Å². The highest BCUT2D eigenvalue weighted by molar-refractivity contribution is 7.86. The Kier molecular flexibility index (Phi) is 13.6. The zero-order valence-corrected chi connectivity index (χ0v) is 33.4. The quantitative estimate of drug-likeness (QED) is 0.0268. The van der Waals surface area contributed by atoms with Crippen LogP contribution in [0.5, 0.6) is 0 Å². The number of carbonyl (C=O) groups is 3. The second kappa shape index (κ2) is 17.4. The number of carbonyl (C=O) groups excluding carboxylic acids is 3. The number of nitrogens with zero attached hydrogens (tertiary/aromatic N) is 2. The third-order valence-electron chi connectivity index (χ3n) is 10.0. The monoisotopic (exact) mass is 799 g/mol. The minimum Gasteiger partial charge on any atom is -0.344 e. The summed E-state index contributed by atoms with van der Waals surface area (Å²) in [5.41, 5.74) is 10.6. The number of nitrogens with two attached hydrogens (primary N) is 1. The highest BCUT2D eigenvalue weighted by atomic mass is 32.2. The van der Waals surface area contributed by atoms with Crippen LogP contribution >= 0.6 is 0 Å². The first-order valence-corrected chi connectivity index (χ1v) is 20.8. The van der Waals surface area contributed by atoms with E-state index in [2.05, 4.69) is 15.8 Å². The summed E-state index contributed by atoms with van der Waals surface area (Å²) in [6.45, 7) is 8.49. The smallest absolute Gasteiger partial charge is 0.294 e. The fraction of sp³-hybridized carbons (Fsp3) is 0.421. The molecule has 2 aromatic carbocycles. The molecule has 0 aliphatic carbocycles. The molecule has 2 heterocycles. The Bertz CT molecular complexity index is 2170. The predicted molar refractivity (Wildman–Crippen MR) is 209 cm³/mol. The summed E-state index contributed by atoms with van der Waals surface area (Å²) in [5.74, 6) is 4.05. The van der Waals surface area contributed by atoms with Crippen molar-refractivity contribution >= 4 is 55.0 Å². The molecule has 55 heavy (non-hydrogen) atoms. The van der Waals surface area contributed by atoms with Gasteiger partial charge in [-0.2, -0.15) is 21.4 Å². The van der Waals surface area contributed by atoms with Crippen LogP contribution in [0.3, 0.4) is 0 Å². The lowest BCUT2D eigenvalue weighted by Gasteiger charge is -2.27. The second-order valence-electron chi connectivity index (χ2n) is 14.6. The Morgan fingerprint density at radius 3 is 1.87 bits per heavy atom. The maximum absolute atomic E-state index is 12.3. The van der Waals surface area contributed by atoms with Gasteiger partial charge < -0.3 is 4.90 Å². The lowest BCUT2D eigenvalue weighted by atomic mass is 9.81. The molecule has 298 valence electrons. The predicted octanol–water partition coefficient (Wildman–Crippen LogP) is 4.24. The van der Waals surface area contributed by atoms with E-state index in [0.717, 1.165) is 33.9 Å². The number of amides is 3. The van der Waals surface area contributed by atoms with Crippen LogP contribution in [-0.2, 0) is 45.4 Å². The Labute approximate surface area is 322 Å². The molecule has 17 heteroatoms. The summed E-state index contributed by atoms with van der Waals surface area (Å²) in [7, 11) is -6.89. The van der Waals surface area contributed by atoms with Crippen molar-refractivity contribution in [1.82, 2.24) is 16.3 Å². The number of fused-ring (bicyclic) bond motifs is 2. The molecule has 0 fully saturated rings. The van der Waals surface area contributed by atoms with Crippen LogP contribution in [0.2, 0.25) is 0 Å². The topological polar surface area (TPSA) is 228 Å². The van der Waals surface area contributed by atoms with Crippen molar-refractivity contribution in [2.75, 3.05) is 18.5 Å². The maximum Gasteiger partial charge on any atom is 0.294 e. The van der Waals surface area contributed by atoms with Crippen LogP contribution in [0.15, 0.2) is 82.3 Å². The average Bonchev–Trinajstić information content (AvgIpc) is 3.44. The molecule has 2 aromatic rings. The number of unbranched alkanes of at least 4 members (excludes halogenated alkanes) is 3. The number of benzene rings is 2. The summed E-state index contributed by atoms with van der Waals surface area (Å²) >= 11 is 0. The molecule has 4 rings (SSSR count). The van der Waals surface area contributed by atoms with Crippen LogP contribution in [0.25, 0.3) is 0 Å². The van der Waals surface area contributed by atoms with Crippen LogP contribution in [-0.4, -0.2) is 67.5 Å². The van der Waals surface area contributed by atoms with E-state index in [9.17, 15) is 40.3 Å². The van der Waals surface area contributed by atoms with Crippen molar-refractivity contribution in [3.8, 4) is 0 Å². The van der Waals surface area contributed by atoms with Gasteiger partial charge in [0.05, 0.1) is 15.2 Å². The molecule has 0 radical (unpaired) electrons. The van der Waals surface area contributed by atoms with Gasteiger partial charge in [0.1, 0.15) is 7.05 Å². The fourth-order valence-corrected chi connectivity index (χ4v) is 8.04. The van der Waals surface area contributed by atoms with E-state index in [1.807, 2.05) is 75.1 Å². The Hall–Kier alpha value is -4.68. The largest absolute Gasteiger partial charge is 0.344 e. The molecule has 7 N–H and O–H groups in total. The molecule has 0 aromatic heterocycles. The van der Waals surface area contributed by atoms with Crippen molar-refractivity contribution < 1.29 is 44.9 Å². The van der Waals surface area contributed by atoms with Gasteiger partial charge in [-0.3, -0.25) is 39.8 Å². The molecular weight excluding hydrogens is 749 g/mol. The van der Waals surface area contributed by atoms with E-state index in [0.29, 0.717) is 38.6 Å². The van der Waals surface area contributed by atoms with Gasteiger partial charge in [-0.1, -0.05) is 38.5 Å². The van der Waals surface area contributed by atoms with Crippen LogP contribution in [0.1, 0.15) is 90.2 Å². The molecule has 3 amide bonds. The minimum atomic E-state index is -4.43. The highest BCUT2D eigenvalue weighted by Crippen LogP contribution is 2.48. The van der Waals surface area contributed by atoms with Crippen molar-refractivity contribution in [1.29, 1.82) is 0 Å². The maximum atomic E-state index is 12.3. The van der Waals surface area contributed by atoms with Gasteiger partial charge in [-0.15, -0.1) is 0 Å². The summed E-state index contributed by atoms with van der Waals surface area (Å²) in [4.78, 5) is 37.2. The molecule has 0 saturated heterocycles. The van der Waals surface area contributed by atoms with Crippen LogP contribution < -0.4 is 27.0 Å². The van der Waals surface area contributed by atoms with Crippen LogP contribution in [0.4, 0.5) is 11.4 Å². The summed E-state index contributed by atoms with van der Waals surface area (Å²) in [6, 6.07) is 9.12. The lowest BCUT2D eigenvalue weighted by molar-refractivity contribution is -0.401. The number of nitrogens with one attached hydrogen (secondary N) is 3. The van der Waals surface area contributed by atoms with E-state index in [-0.39, 0.29) is 46.8 Å². The summed E-state index contributed by atoms with van der Waals surface area (Å²) < 4.78 is 69.0. The van der Waals surface area contributed by atoms with Gasteiger partial charge in [0, 0.05) is 60.3 Å². The first-order valence-electron chi connectivity index (χ1n) is 17.9. The van der Waals surface area contributed by atoms with E-state index >= 15 is 0 Å². The molecule has 0 spiro atoms. The van der Waals surface area contributed by atoms with E-state index in [1.165, 1.54) is 24.3 Å². The third-order valence-corrected chi connectivity index (χ3v) is 11.7. The standard InChI is InChI=1S/C38H50N6O9S2/c1-37(2)28-24-26(54(48,49)50)19-21-30(28)43(5)32(37)14-8-6-9-15-33-38(3,4)29-25-27(55(51,52)53)20-22-31(29)44(33)23-13-7-10-17-35(46)41-42-36(47)18-12-11-16-34(45)40-39/h6,8-9,14-15,19-22,24-25H,7,10-13,16-18,23,39H2,1-5H3,(H4-,40,41,42,45,46,47,48,49,50,51,52,53)/p+1. The molecule has 2 aliphatic rings. The van der Waals surface area contributed by atoms with Gasteiger partial charge >= 0.3 is 0 Å². The molecule has 0 atom stereocenters. The van der Waals surface area contributed by atoms with Crippen LogP contribution in [0, 0.1) is 0 Å². The number of rotatable bonds is 16. The van der Waals surface area contributed by atoms with Crippen molar-refractivity contribution in [2.45, 2.75) is 99.7 Å².